The van der Waals surface area contributed by atoms with E-state index < -0.39 is 65.4 Å². The molecule has 5 amide bonds. The SMILES string of the molecule is C/C1=C\C=C\[C@@H](C)[C@@]2(O)CC(OC(=O)N2)[C@@H](C)[C@@H]2O[C@@]2(C)[C@@H](OC(=O)CCOCCOCCOCCNC(=O)CCN2C(=O)C=CC2=O)CC(=O)N(C)c2cc(cc(C)c2Cl)C1. The lowest BCUT2D eigenvalue weighted by molar-refractivity contribution is -0.155. The molecule has 0 aromatic heterocycles. The molecule has 18 heteroatoms. The normalized spacial score (nSPS) is 29.0. The summed E-state index contributed by atoms with van der Waals surface area (Å²) < 4.78 is 34.5. The van der Waals surface area contributed by atoms with Crippen LogP contribution < -0.4 is 15.5 Å². The number of carbonyl (C=O) groups excluding carboxylic acids is 6. The first-order valence-electron chi connectivity index (χ1n) is 20.9. The Morgan fingerprint density at radius 1 is 0.984 bits per heavy atom. The summed E-state index contributed by atoms with van der Waals surface area (Å²) in [5.41, 5.74) is 0.528. The first kappa shape index (κ1) is 48.4. The Bertz CT molecular complexity index is 1920. The smallest absolute Gasteiger partial charge is 0.409 e. The van der Waals surface area contributed by atoms with Gasteiger partial charge in [-0.15, -0.1) is 0 Å². The second-order valence-corrected chi connectivity index (χ2v) is 16.7. The fraction of sp³-hybridized carbons (Fsp3) is 0.591. The van der Waals surface area contributed by atoms with E-state index in [0.717, 1.165) is 21.6 Å². The maximum Gasteiger partial charge on any atom is 0.409 e. The van der Waals surface area contributed by atoms with Crippen LogP contribution in [0.3, 0.4) is 0 Å². The summed E-state index contributed by atoms with van der Waals surface area (Å²) in [6.45, 7) is 10.8. The summed E-state index contributed by atoms with van der Waals surface area (Å²) in [7, 11) is 1.63. The number of benzene rings is 1. The summed E-state index contributed by atoms with van der Waals surface area (Å²) in [6.07, 6.45) is 5.12. The second kappa shape index (κ2) is 21.6. The van der Waals surface area contributed by atoms with Crippen molar-refractivity contribution in [1.82, 2.24) is 15.5 Å². The molecule has 1 unspecified atom stereocenters. The van der Waals surface area contributed by atoms with Crippen LogP contribution in [0.5, 0.6) is 0 Å². The van der Waals surface area contributed by atoms with E-state index in [0.29, 0.717) is 17.1 Å². The van der Waals surface area contributed by atoms with Crippen LogP contribution >= 0.6 is 11.6 Å². The molecule has 0 radical (unpaired) electrons. The number of carbonyl (C=O) groups is 6. The molecule has 4 bridgehead atoms. The standard InChI is InChI=1S/C44H59ClN4O13/c1-27-8-7-9-29(3)44(56)26-33(60-42(55)47-44)30(4)41-43(5,62-41)34(25-38(53)48(6)32-24-31(22-27)23-28(2)40(32)45)61-39(54)13-16-57-18-20-59-21-19-58-17-14-46-35(50)12-15-49-36(51)10-11-37(49)52/h7-11,23-24,29-30,33-34,41,56H,12-22,25-26H2,1-6H3,(H,46,50)(H,47,55)/b9-7+,27-8+/t29-,30-,33?,34+,41+,43+,44+/m1/s1. The number of hydrogen-bond acceptors (Lipinski definition) is 13. The minimum Gasteiger partial charge on any atom is -0.459 e. The second-order valence-electron chi connectivity index (χ2n) is 16.4. The number of hydrogen-bond donors (Lipinski definition) is 3. The largest absolute Gasteiger partial charge is 0.459 e. The van der Waals surface area contributed by atoms with Gasteiger partial charge in [0.25, 0.3) is 11.8 Å². The van der Waals surface area contributed by atoms with E-state index in [9.17, 15) is 33.9 Å². The van der Waals surface area contributed by atoms with Crippen molar-refractivity contribution in [2.24, 2.45) is 11.8 Å². The van der Waals surface area contributed by atoms with Crippen LogP contribution in [-0.4, -0.2) is 135 Å². The molecule has 4 heterocycles. The van der Waals surface area contributed by atoms with Crippen LogP contribution in [0.1, 0.15) is 64.5 Å². The number of fused-ring (bicyclic) bond motifs is 5. The fourth-order valence-electron chi connectivity index (χ4n) is 7.68. The Morgan fingerprint density at radius 3 is 2.34 bits per heavy atom. The molecule has 5 rings (SSSR count). The molecule has 4 aliphatic heterocycles. The van der Waals surface area contributed by atoms with E-state index in [4.69, 9.17) is 40.0 Å². The highest BCUT2D eigenvalue weighted by Crippen LogP contribution is 2.49. The highest BCUT2D eigenvalue weighted by molar-refractivity contribution is 6.34. The molecule has 4 aliphatic rings. The number of anilines is 1. The Balaban J connectivity index is 1.12. The number of allylic oxidation sites excluding steroid dienone is 3. The Morgan fingerprint density at radius 2 is 1.65 bits per heavy atom. The zero-order chi connectivity index (χ0) is 45.2. The van der Waals surface area contributed by atoms with Gasteiger partial charge in [0, 0.05) is 57.0 Å². The van der Waals surface area contributed by atoms with E-state index >= 15 is 0 Å². The van der Waals surface area contributed by atoms with Gasteiger partial charge in [-0.3, -0.25) is 34.2 Å². The van der Waals surface area contributed by atoms with Crippen molar-refractivity contribution >= 4 is 53.0 Å². The number of nitrogens with zero attached hydrogens (tertiary/aromatic N) is 2. The molecule has 0 spiro atoms. The van der Waals surface area contributed by atoms with Gasteiger partial charge in [0.1, 0.15) is 23.5 Å². The highest BCUT2D eigenvalue weighted by Gasteiger charge is 2.64. The number of aryl methyl sites for hydroxylation is 1. The Labute approximate surface area is 367 Å². The van der Waals surface area contributed by atoms with Gasteiger partial charge in [-0.1, -0.05) is 55.3 Å². The average molecular weight is 887 g/mol. The van der Waals surface area contributed by atoms with Crippen molar-refractivity contribution in [2.75, 3.05) is 64.7 Å². The van der Waals surface area contributed by atoms with Gasteiger partial charge in [-0.25, -0.2) is 4.79 Å². The Kier molecular flexibility index (Phi) is 16.9. The summed E-state index contributed by atoms with van der Waals surface area (Å²) in [5.74, 6) is -3.07. The van der Waals surface area contributed by atoms with E-state index in [-0.39, 0.29) is 90.2 Å². The van der Waals surface area contributed by atoms with Gasteiger partial charge >= 0.3 is 12.1 Å². The van der Waals surface area contributed by atoms with Crippen molar-refractivity contribution in [3.63, 3.8) is 0 Å². The minimum atomic E-state index is -1.60. The predicted molar refractivity (Wildman–Crippen MR) is 226 cm³/mol. The van der Waals surface area contributed by atoms with Crippen LogP contribution in [0.2, 0.25) is 5.02 Å². The lowest BCUT2D eigenvalue weighted by Crippen LogP contribution is -2.60. The summed E-state index contributed by atoms with van der Waals surface area (Å²) >= 11 is 6.77. The van der Waals surface area contributed by atoms with Crippen LogP contribution in [0, 0.1) is 18.8 Å². The molecule has 17 nitrogen and oxygen atoms in total. The number of aliphatic hydroxyl groups is 1. The topological polar surface area (TPSA) is 212 Å². The van der Waals surface area contributed by atoms with Gasteiger partial charge in [0.05, 0.1) is 69.3 Å². The molecular weight excluding hydrogens is 828 g/mol. The van der Waals surface area contributed by atoms with Crippen LogP contribution in [0.25, 0.3) is 0 Å². The molecule has 340 valence electrons. The van der Waals surface area contributed by atoms with Gasteiger partial charge in [-0.05, 0) is 44.4 Å². The van der Waals surface area contributed by atoms with E-state index in [1.807, 2.05) is 58.1 Å². The Hall–Kier alpha value is -4.65. The van der Waals surface area contributed by atoms with Gasteiger partial charge < -0.3 is 43.7 Å². The molecule has 2 saturated heterocycles. The predicted octanol–water partition coefficient (Wildman–Crippen LogP) is 3.46. The summed E-state index contributed by atoms with van der Waals surface area (Å²) in [6, 6.07) is 3.84. The number of halogens is 1. The van der Waals surface area contributed by atoms with E-state index in [1.165, 1.54) is 17.1 Å². The molecule has 1 aromatic carbocycles. The first-order valence-corrected chi connectivity index (χ1v) is 21.3. The van der Waals surface area contributed by atoms with Crippen LogP contribution in [-0.2, 0) is 58.8 Å². The number of epoxide rings is 1. The minimum absolute atomic E-state index is 0.00243. The number of alkyl carbamates (subject to hydrolysis) is 1. The van der Waals surface area contributed by atoms with Crippen molar-refractivity contribution in [2.45, 2.75) is 96.4 Å². The van der Waals surface area contributed by atoms with Crippen molar-refractivity contribution < 1.29 is 62.3 Å². The van der Waals surface area contributed by atoms with Crippen molar-refractivity contribution in [3.05, 3.63) is 64.2 Å². The maximum absolute atomic E-state index is 14.0. The summed E-state index contributed by atoms with van der Waals surface area (Å²) in [5, 5.41) is 17.3. The van der Waals surface area contributed by atoms with Crippen molar-refractivity contribution in [3.8, 4) is 0 Å². The molecule has 1 aromatic rings. The zero-order valence-corrected chi connectivity index (χ0v) is 37.0. The van der Waals surface area contributed by atoms with E-state index in [2.05, 4.69) is 10.6 Å². The number of amides is 5. The number of nitrogens with one attached hydrogen (secondary N) is 2. The molecular formula is C44H59ClN4O13. The van der Waals surface area contributed by atoms with Gasteiger partial charge in [-0.2, -0.15) is 0 Å². The third-order valence-corrected chi connectivity index (χ3v) is 12.1. The maximum atomic E-state index is 14.0. The average Bonchev–Trinajstić information content (AvgIpc) is 3.81. The molecule has 62 heavy (non-hydrogen) atoms. The fourth-order valence-corrected chi connectivity index (χ4v) is 7.91. The number of ether oxygens (including phenoxy) is 6. The zero-order valence-electron chi connectivity index (χ0n) is 36.2. The third kappa shape index (κ3) is 12.7. The van der Waals surface area contributed by atoms with Gasteiger partial charge in [0.15, 0.2) is 0 Å². The van der Waals surface area contributed by atoms with Crippen molar-refractivity contribution in [1.29, 1.82) is 0 Å². The molecule has 3 N–H and O–H groups in total. The quantitative estimate of drug-likeness (QED) is 0.0941. The molecule has 7 atom stereocenters. The lowest BCUT2D eigenvalue weighted by atomic mass is 9.82. The third-order valence-electron chi connectivity index (χ3n) is 11.6. The summed E-state index contributed by atoms with van der Waals surface area (Å²) in [4.78, 5) is 77.7. The molecule has 0 saturated carbocycles. The monoisotopic (exact) mass is 886 g/mol. The number of rotatable bonds is 16. The van der Waals surface area contributed by atoms with Gasteiger partial charge in [0.2, 0.25) is 11.8 Å². The number of imide groups is 1. The number of esters is 1. The van der Waals surface area contributed by atoms with E-state index in [1.54, 1.807) is 14.0 Å². The first-order chi connectivity index (χ1) is 29.4. The van der Waals surface area contributed by atoms with Crippen LogP contribution in [0.4, 0.5) is 10.5 Å². The molecule has 0 aliphatic carbocycles. The molecule has 2 fully saturated rings. The highest BCUT2D eigenvalue weighted by atomic mass is 35.5. The van der Waals surface area contributed by atoms with Crippen LogP contribution in [0.15, 0.2) is 48.1 Å². The lowest BCUT2D eigenvalue weighted by Gasteiger charge is -2.41.